The molecule has 1 atom stereocenters. The highest BCUT2D eigenvalue weighted by atomic mass is 19.3. The predicted octanol–water partition coefficient (Wildman–Crippen LogP) is 1.75. The molecule has 7 heteroatoms. The van der Waals surface area contributed by atoms with Crippen molar-refractivity contribution in [2.75, 3.05) is 13.6 Å². The summed E-state index contributed by atoms with van der Waals surface area (Å²) in [7, 11) is 1.59. The molecule has 0 bridgehead atoms. The second kappa shape index (κ2) is 6.87. The van der Waals surface area contributed by atoms with Gasteiger partial charge in [-0.25, -0.2) is 8.78 Å². The highest BCUT2D eigenvalue weighted by Crippen LogP contribution is 2.21. The molecule has 1 heterocycles. The van der Waals surface area contributed by atoms with E-state index in [0.717, 1.165) is 25.0 Å². The van der Waals surface area contributed by atoms with Crippen LogP contribution in [0, 0.1) is 0 Å². The molecular weight excluding hydrogens is 276 g/mol. The summed E-state index contributed by atoms with van der Waals surface area (Å²) >= 11 is 0. The highest BCUT2D eigenvalue weighted by molar-refractivity contribution is 5.80. The third-order valence-corrected chi connectivity index (χ3v) is 3.61. The third-order valence-electron chi connectivity index (χ3n) is 3.61. The Morgan fingerprint density at radius 3 is 2.90 bits per heavy atom. The first-order valence-electron chi connectivity index (χ1n) is 7.31. The van der Waals surface area contributed by atoms with Crippen LogP contribution in [0.15, 0.2) is 11.2 Å². The Bertz CT molecular complexity index is 496. The number of hydrogen-bond donors (Lipinski definition) is 2. The van der Waals surface area contributed by atoms with Crippen LogP contribution in [0.3, 0.4) is 0 Å². The van der Waals surface area contributed by atoms with E-state index in [-0.39, 0.29) is 12.6 Å². The van der Waals surface area contributed by atoms with Crippen molar-refractivity contribution in [3.8, 4) is 0 Å². The monoisotopic (exact) mass is 299 g/mol. The maximum atomic E-state index is 12.2. The van der Waals surface area contributed by atoms with Gasteiger partial charge in [-0.05, 0) is 32.3 Å². The van der Waals surface area contributed by atoms with E-state index in [0.29, 0.717) is 12.0 Å². The first-order chi connectivity index (χ1) is 9.99. The highest BCUT2D eigenvalue weighted by Gasteiger charge is 2.23. The van der Waals surface area contributed by atoms with E-state index in [1.165, 1.54) is 5.56 Å². The van der Waals surface area contributed by atoms with E-state index in [1.54, 1.807) is 7.05 Å². The second-order valence-electron chi connectivity index (χ2n) is 5.60. The van der Waals surface area contributed by atoms with E-state index in [4.69, 9.17) is 0 Å². The van der Waals surface area contributed by atoms with Crippen LogP contribution in [-0.2, 0) is 12.8 Å². The Kier molecular flexibility index (Phi) is 5.14. The van der Waals surface area contributed by atoms with Gasteiger partial charge in [0.15, 0.2) is 5.96 Å². The van der Waals surface area contributed by atoms with Gasteiger partial charge in [0, 0.05) is 31.7 Å². The molecular formula is C14H23F2N5. The fraction of sp³-hybridized carbons (Fsp3) is 0.714. The molecule has 0 saturated carbocycles. The van der Waals surface area contributed by atoms with Gasteiger partial charge in [0.05, 0.1) is 12.2 Å². The van der Waals surface area contributed by atoms with Crippen molar-refractivity contribution in [3.63, 3.8) is 0 Å². The molecule has 5 nitrogen and oxygen atoms in total. The number of hydrogen-bond acceptors (Lipinski definition) is 2. The first-order valence-corrected chi connectivity index (χ1v) is 7.31. The number of aryl methyl sites for hydroxylation is 1. The van der Waals surface area contributed by atoms with Crippen LogP contribution in [0.1, 0.15) is 37.6 Å². The molecule has 1 aliphatic rings. The number of halogens is 2. The van der Waals surface area contributed by atoms with Crippen LogP contribution in [0.5, 0.6) is 0 Å². The van der Waals surface area contributed by atoms with Crippen molar-refractivity contribution in [1.82, 2.24) is 20.4 Å². The number of rotatable bonds is 4. The molecule has 21 heavy (non-hydrogen) atoms. The minimum atomic E-state index is -2.39. The summed E-state index contributed by atoms with van der Waals surface area (Å²) in [6, 6.07) is 0.527. The summed E-state index contributed by atoms with van der Waals surface area (Å²) in [5, 5.41) is 10.4. The van der Waals surface area contributed by atoms with Crippen LogP contribution in [-0.4, -0.2) is 41.8 Å². The summed E-state index contributed by atoms with van der Waals surface area (Å²) < 4.78 is 26.4. The molecule has 0 amide bonds. The third kappa shape index (κ3) is 4.15. The van der Waals surface area contributed by atoms with Crippen LogP contribution in [0.2, 0.25) is 0 Å². The van der Waals surface area contributed by atoms with Crippen molar-refractivity contribution >= 4 is 5.96 Å². The molecule has 1 aromatic heterocycles. The molecule has 0 aromatic carbocycles. The lowest BCUT2D eigenvalue weighted by Gasteiger charge is -2.24. The molecule has 0 spiro atoms. The summed E-state index contributed by atoms with van der Waals surface area (Å²) in [6.45, 7) is 3.81. The molecule has 2 N–H and O–H groups in total. The number of alkyl halides is 2. The number of nitrogens with zero attached hydrogens (tertiary/aromatic N) is 3. The average molecular weight is 299 g/mol. The van der Waals surface area contributed by atoms with E-state index in [1.807, 2.05) is 4.68 Å². The molecule has 2 rings (SSSR count). The zero-order valence-corrected chi connectivity index (χ0v) is 12.7. The van der Waals surface area contributed by atoms with Crippen LogP contribution < -0.4 is 10.6 Å². The predicted molar refractivity (Wildman–Crippen MR) is 78.9 cm³/mol. The first kappa shape index (κ1) is 15.7. The number of aromatic nitrogens is 2. The molecule has 118 valence electrons. The minimum absolute atomic E-state index is 0.178. The Morgan fingerprint density at radius 1 is 1.52 bits per heavy atom. The van der Waals surface area contributed by atoms with Gasteiger partial charge in [0.1, 0.15) is 0 Å². The Morgan fingerprint density at radius 2 is 2.29 bits per heavy atom. The van der Waals surface area contributed by atoms with Gasteiger partial charge < -0.3 is 10.6 Å². The zero-order chi connectivity index (χ0) is 15.4. The van der Waals surface area contributed by atoms with Crippen LogP contribution in [0.4, 0.5) is 8.78 Å². The lowest BCUT2D eigenvalue weighted by atomic mass is 9.94. The summed E-state index contributed by atoms with van der Waals surface area (Å²) in [5.41, 5.74) is 2.38. The van der Waals surface area contributed by atoms with Gasteiger partial charge in [0.25, 0.3) is 6.43 Å². The number of nitrogens with one attached hydrogen (secondary N) is 2. The fourth-order valence-corrected chi connectivity index (χ4v) is 2.46. The van der Waals surface area contributed by atoms with Gasteiger partial charge in [-0.2, -0.15) is 5.10 Å². The van der Waals surface area contributed by atoms with Gasteiger partial charge in [-0.15, -0.1) is 0 Å². The summed E-state index contributed by atoms with van der Waals surface area (Å²) in [6.07, 6.45) is 2.42. The van der Waals surface area contributed by atoms with Crippen LogP contribution >= 0.6 is 0 Å². The summed E-state index contributed by atoms with van der Waals surface area (Å²) in [5.74, 6) is 0.423. The van der Waals surface area contributed by atoms with Gasteiger partial charge in [-0.3, -0.25) is 9.67 Å². The van der Waals surface area contributed by atoms with Gasteiger partial charge >= 0.3 is 0 Å². The SMILES string of the molecule is CN=C(NCC(F)F)NC1CCc2cn(C(C)C)nc2C1. The fourth-order valence-electron chi connectivity index (χ4n) is 2.46. The lowest BCUT2D eigenvalue weighted by Crippen LogP contribution is -2.46. The topological polar surface area (TPSA) is 54.2 Å². The van der Waals surface area contributed by atoms with E-state index in [9.17, 15) is 8.78 Å². The van der Waals surface area contributed by atoms with Gasteiger partial charge in [-0.1, -0.05) is 0 Å². The maximum absolute atomic E-state index is 12.2. The minimum Gasteiger partial charge on any atom is -0.353 e. The molecule has 1 unspecified atom stereocenters. The van der Waals surface area contributed by atoms with E-state index in [2.05, 4.69) is 40.8 Å². The van der Waals surface area contributed by atoms with Crippen molar-refractivity contribution in [2.24, 2.45) is 4.99 Å². The molecule has 0 radical (unpaired) electrons. The average Bonchev–Trinajstić information content (AvgIpc) is 2.86. The maximum Gasteiger partial charge on any atom is 0.255 e. The normalized spacial score (nSPS) is 19.0. The molecule has 1 aromatic rings. The summed E-state index contributed by atoms with van der Waals surface area (Å²) in [4.78, 5) is 3.98. The molecule has 1 aliphatic carbocycles. The van der Waals surface area contributed by atoms with Crippen molar-refractivity contribution in [3.05, 3.63) is 17.5 Å². The molecule has 0 aliphatic heterocycles. The largest absolute Gasteiger partial charge is 0.353 e. The second-order valence-corrected chi connectivity index (χ2v) is 5.60. The molecule has 0 fully saturated rings. The van der Waals surface area contributed by atoms with E-state index < -0.39 is 6.43 Å². The van der Waals surface area contributed by atoms with Crippen molar-refractivity contribution < 1.29 is 8.78 Å². The molecule has 0 saturated heterocycles. The zero-order valence-electron chi connectivity index (χ0n) is 12.7. The van der Waals surface area contributed by atoms with Crippen LogP contribution in [0.25, 0.3) is 0 Å². The Hall–Kier alpha value is -1.66. The Labute approximate surface area is 123 Å². The van der Waals surface area contributed by atoms with Crippen molar-refractivity contribution in [2.45, 2.75) is 51.6 Å². The standard InChI is InChI=1S/C14H23F2N5/c1-9(2)21-8-10-4-5-11(6-12(10)20-21)19-14(17-3)18-7-13(15)16/h8-9,11,13H,4-7H2,1-3H3,(H2,17,18,19). The smallest absolute Gasteiger partial charge is 0.255 e. The number of aliphatic imine (C=N–C) groups is 1. The number of guanidine groups is 1. The lowest BCUT2D eigenvalue weighted by molar-refractivity contribution is 0.152. The van der Waals surface area contributed by atoms with Crippen molar-refractivity contribution in [1.29, 1.82) is 0 Å². The Balaban J connectivity index is 1.94. The van der Waals surface area contributed by atoms with Gasteiger partial charge in [0.2, 0.25) is 0 Å². The van der Waals surface area contributed by atoms with E-state index >= 15 is 0 Å². The quantitative estimate of drug-likeness (QED) is 0.658. The number of fused-ring (bicyclic) bond motifs is 1.